The van der Waals surface area contributed by atoms with Gasteiger partial charge in [-0.3, -0.25) is 9.88 Å². The summed E-state index contributed by atoms with van der Waals surface area (Å²) in [4.78, 5) is 16.0. The highest BCUT2D eigenvalue weighted by Crippen LogP contribution is 2.31. The Morgan fingerprint density at radius 2 is 1.97 bits per heavy atom. The van der Waals surface area contributed by atoms with Gasteiger partial charge in [0.05, 0.1) is 12.2 Å². The molecule has 0 spiro atoms. The van der Waals surface area contributed by atoms with E-state index in [-0.39, 0.29) is 17.7 Å². The summed E-state index contributed by atoms with van der Waals surface area (Å²) in [6.07, 6.45) is -1.93. The normalized spacial score (nSPS) is 21.7. The molecular formula is C20H24F3N5O2. The Morgan fingerprint density at radius 3 is 2.60 bits per heavy atom. The molecule has 0 amide bonds. The molecule has 10 heteroatoms. The number of hydrogen-bond donors (Lipinski definition) is 1. The highest BCUT2D eigenvalue weighted by Gasteiger charge is 2.35. The SMILES string of the molecule is O[C@@H](CN1CCN(c2cc(C(F)(F)F)nc(-c3ccccn3)n2)CC1)[C@H]1CCCO1. The van der Waals surface area contributed by atoms with Crippen LogP contribution in [0.2, 0.25) is 0 Å². The number of nitrogens with zero attached hydrogens (tertiary/aromatic N) is 5. The quantitative estimate of drug-likeness (QED) is 0.791. The predicted molar refractivity (Wildman–Crippen MR) is 104 cm³/mol. The van der Waals surface area contributed by atoms with Crippen LogP contribution < -0.4 is 4.90 Å². The van der Waals surface area contributed by atoms with E-state index in [1.165, 1.54) is 6.20 Å². The van der Waals surface area contributed by atoms with Crippen LogP contribution in [-0.2, 0) is 10.9 Å². The van der Waals surface area contributed by atoms with Gasteiger partial charge in [0, 0.05) is 51.6 Å². The van der Waals surface area contributed by atoms with Gasteiger partial charge in [-0.05, 0) is 25.0 Å². The van der Waals surface area contributed by atoms with Gasteiger partial charge in [-0.2, -0.15) is 13.2 Å². The molecule has 2 aliphatic heterocycles. The number of aromatic nitrogens is 3. The Balaban J connectivity index is 1.47. The van der Waals surface area contributed by atoms with Crippen molar-refractivity contribution in [2.45, 2.75) is 31.2 Å². The lowest BCUT2D eigenvalue weighted by Crippen LogP contribution is -2.50. The van der Waals surface area contributed by atoms with Crippen molar-refractivity contribution in [1.82, 2.24) is 19.9 Å². The van der Waals surface area contributed by atoms with Crippen molar-refractivity contribution >= 4 is 5.82 Å². The molecule has 4 rings (SSSR count). The number of piperazine rings is 1. The van der Waals surface area contributed by atoms with Crippen LogP contribution in [-0.4, -0.2) is 76.5 Å². The number of β-amino-alcohol motifs (C(OH)–C–C–N with tert-alkyl or cyclic N) is 1. The Kier molecular flexibility index (Phi) is 6.16. The Hall–Kier alpha value is -2.30. The summed E-state index contributed by atoms with van der Waals surface area (Å²) in [5.41, 5.74) is -0.687. The van der Waals surface area contributed by atoms with Crippen molar-refractivity contribution in [3.8, 4) is 11.5 Å². The number of pyridine rings is 1. The molecule has 2 atom stereocenters. The average molecular weight is 423 g/mol. The van der Waals surface area contributed by atoms with Gasteiger partial charge >= 0.3 is 6.18 Å². The first-order valence-corrected chi connectivity index (χ1v) is 10.0. The van der Waals surface area contributed by atoms with E-state index in [4.69, 9.17) is 4.74 Å². The number of hydrogen-bond acceptors (Lipinski definition) is 7. The van der Waals surface area contributed by atoms with Crippen LogP contribution in [0, 0.1) is 0 Å². The maximum Gasteiger partial charge on any atom is 0.433 e. The van der Waals surface area contributed by atoms with Crippen molar-refractivity contribution in [3.63, 3.8) is 0 Å². The predicted octanol–water partition coefficient (Wildman–Crippen LogP) is 2.22. The van der Waals surface area contributed by atoms with E-state index >= 15 is 0 Å². The lowest BCUT2D eigenvalue weighted by Gasteiger charge is -2.37. The number of rotatable bonds is 5. The van der Waals surface area contributed by atoms with Crippen LogP contribution in [0.15, 0.2) is 30.5 Å². The van der Waals surface area contributed by atoms with E-state index in [1.54, 1.807) is 18.2 Å². The maximum absolute atomic E-state index is 13.4. The van der Waals surface area contributed by atoms with Gasteiger partial charge in [-0.15, -0.1) is 0 Å². The molecule has 0 saturated carbocycles. The minimum absolute atomic E-state index is 0.0448. The second-order valence-electron chi connectivity index (χ2n) is 7.55. The van der Waals surface area contributed by atoms with Crippen LogP contribution in [0.5, 0.6) is 0 Å². The van der Waals surface area contributed by atoms with Gasteiger partial charge in [0.1, 0.15) is 11.5 Å². The van der Waals surface area contributed by atoms with Crippen LogP contribution in [0.1, 0.15) is 18.5 Å². The number of ether oxygens (including phenoxy) is 1. The number of aliphatic hydroxyl groups is 1. The van der Waals surface area contributed by atoms with Crippen molar-refractivity contribution in [2.75, 3.05) is 44.2 Å². The first-order valence-electron chi connectivity index (χ1n) is 10.0. The molecule has 1 N–H and O–H groups in total. The summed E-state index contributed by atoms with van der Waals surface area (Å²) in [5, 5.41) is 10.3. The van der Waals surface area contributed by atoms with Crippen LogP contribution >= 0.6 is 0 Å². The second-order valence-corrected chi connectivity index (χ2v) is 7.55. The summed E-state index contributed by atoms with van der Waals surface area (Å²) >= 11 is 0. The largest absolute Gasteiger partial charge is 0.433 e. The molecule has 0 bridgehead atoms. The molecular weight excluding hydrogens is 399 g/mol. The van der Waals surface area contributed by atoms with Gasteiger partial charge in [-0.25, -0.2) is 9.97 Å². The summed E-state index contributed by atoms with van der Waals surface area (Å²) < 4.78 is 45.8. The number of anilines is 1. The molecule has 4 heterocycles. The standard InChI is InChI=1S/C20H24F3N5O2/c21-20(22,23)17-12-18(26-19(25-17)14-4-1-2-6-24-14)28-9-7-27(8-10-28)13-15(29)16-5-3-11-30-16/h1-2,4,6,12,15-16,29H,3,5,7-11,13H2/t15-,16+/m0/s1. The second kappa shape index (κ2) is 8.83. The molecule has 162 valence electrons. The fraction of sp³-hybridized carbons (Fsp3) is 0.550. The average Bonchev–Trinajstić information content (AvgIpc) is 3.29. The smallest absolute Gasteiger partial charge is 0.389 e. The lowest BCUT2D eigenvalue weighted by atomic mass is 10.1. The third-order valence-corrected chi connectivity index (χ3v) is 5.43. The van der Waals surface area contributed by atoms with Crippen molar-refractivity contribution in [2.24, 2.45) is 0 Å². The van der Waals surface area contributed by atoms with E-state index in [2.05, 4.69) is 19.9 Å². The number of halogens is 3. The van der Waals surface area contributed by atoms with E-state index in [9.17, 15) is 18.3 Å². The fourth-order valence-electron chi connectivity index (χ4n) is 3.80. The molecule has 2 aromatic heterocycles. The molecule has 2 aliphatic rings. The van der Waals surface area contributed by atoms with Crippen molar-refractivity contribution in [3.05, 3.63) is 36.2 Å². The van der Waals surface area contributed by atoms with E-state index in [1.807, 2.05) is 4.90 Å². The zero-order valence-corrected chi connectivity index (χ0v) is 16.4. The highest BCUT2D eigenvalue weighted by molar-refractivity contribution is 5.54. The lowest BCUT2D eigenvalue weighted by molar-refractivity contribution is -0.141. The van der Waals surface area contributed by atoms with Crippen molar-refractivity contribution in [1.29, 1.82) is 0 Å². The summed E-state index contributed by atoms with van der Waals surface area (Å²) in [6.45, 7) is 3.43. The first-order chi connectivity index (χ1) is 14.4. The third-order valence-electron chi connectivity index (χ3n) is 5.43. The molecule has 0 aromatic carbocycles. The first kappa shape index (κ1) is 21.0. The Bertz CT molecular complexity index is 838. The van der Waals surface area contributed by atoms with Crippen LogP contribution in [0.25, 0.3) is 11.5 Å². The van der Waals surface area contributed by atoms with E-state index < -0.39 is 18.0 Å². The molecule has 7 nitrogen and oxygen atoms in total. The molecule has 2 aromatic rings. The van der Waals surface area contributed by atoms with Crippen LogP contribution in [0.3, 0.4) is 0 Å². The van der Waals surface area contributed by atoms with Gasteiger partial charge in [0.25, 0.3) is 0 Å². The molecule has 0 aliphatic carbocycles. The highest BCUT2D eigenvalue weighted by atomic mass is 19.4. The topological polar surface area (TPSA) is 74.6 Å². The molecule has 30 heavy (non-hydrogen) atoms. The summed E-state index contributed by atoms with van der Waals surface area (Å²) in [6, 6.07) is 5.94. The zero-order chi connectivity index (χ0) is 21.1. The fourth-order valence-corrected chi connectivity index (χ4v) is 3.80. The van der Waals surface area contributed by atoms with E-state index in [0.29, 0.717) is 45.0 Å². The summed E-state index contributed by atoms with van der Waals surface area (Å²) in [7, 11) is 0. The van der Waals surface area contributed by atoms with Crippen LogP contribution in [0.4, 0.5) is 19.0 Å². The number of alkyl halides is 3. The Morgan fingerprint density at radius 1 is 1.17 bits per heavy atom. The van der Waals surface area contributed by atoms with Gasteiger partial charge in [0.2, 0.25) is 0 Å². The van der Waals surface area contributed by atoms with Gasteiger partial charge in [0.15, 0.2) is 11.5 Å². The minimum Gasteiger partial charge on any atom is -0.389 e. The van der Waals surface area contributed by atoms with Gasteiger partial charge < -0.3 is 14.7 Å². The summed E-state index contributed by atoms with van der Waals surface area (Å²) in [5.74, 6) is 0.189. The minimum atomic E-state index is -4.57. The monoisotopic (exact) mass is 423 g/mol. The zero-order valence-electron chi connectivity index (χ0n) is 16.4. The molecule has 2 fully saturated rings. The number of aliphatic hydroxyl groups excluding tert-OH is 1. The molecule has 0 radical (unpaired) electrons. The van der Waals surface area contributed by atoms with E-state index in [0.717, 1.165) is 18.9 Å². The molecule has 0 unspecified atom stereocenters. The maximum atomic E-state index is 13.4. The van der Waals surface area contributed by atoms with Crippen molar-refractivity contribution < 1.29 is 23.0 Å². The Labute approximate surface area is 172 Å². The van der Waals surface area contributed by atoms with Gasteiger partial charge in [-0.1, -0.05) is 6.07 Å². The molecule has 2 saturated heterocycles. The third kappa shape index (κ3) is 4.88.